The molecule has 1 aliphatic carbocycles. The molecule has 0 saturated carbocycles. The third-order valence-electron chi connectivity index (χ3n) is 3.58. The maximum Gasteiger partial charge on any atom is 0.273 e. The number of fused-ring (bicyclic) bond motifs is 1. The van der Waals surface area contributed by atoms with Crippen molar-refractivity contribution in [2.45, 2.75) is 13.0 Å². The fourth-order valence-electron chi connectivity index (χ4n) is 2.52. The SMILES string of the molecule is CCOC1C(=O)N(C2=C(N)C(=O)c3ccccc3C2=O)C1=O. The van der Waals surface area contributed by atoms with Gasteiger partial charge in [0.1, 0.15) is 11.4 Å². The number of carbonyl (C=O) groups excluding carboxylic acids is 4. The van der Waals surface area contributed by atoms with Gasteiger partial charge in [0, 0.05) is 17.7 Å². The molecule has 0 unspecified atom stereocenters. The van der Waals surface area contributed by atoms with Gasteiger partial charge in [0.15, 0.2) is 0 Å². The van der Waals surface area contributed by atoms with Gasteiger partial charge in [-0.3, -0.25) is 19.2 Å². The van der Waals surface area contributed by atoms with Crippen molar-refractivity contribution in [2.75, 3.05) is 6.61 Å². The number of allylic oxidation sites excluding steroid dienone is 2. The second-order valence-corrected chi connectivity index (χ2v) is 4.81. The quantitative estimate of drug-likeness (QED) is 0.622. The average Bonchev–Trinajstić information content (AvgIpc) is 2.54. The first kappa shape index (κ1) is 14.2. The number of ether oxygens (including phenoxy) is 1. The standard InChI is InChI=1S/C15H12N2O5/c1-2-22-13-14(20)17(15(13)21)10-9(16)11(18)7-5-3-4-6-8(7)12(10)19/h3-6,13H,2,16H2,1H3. The average molecular weight is 300 g/mol. The Balaban J connectivity index is 2.04. The summed E-state index contributed by atoms with van der Waals surface area (Å²) in [5.74, 6) is -2.58. The molecule has 1 aromatic carbocycles. The van der Waals surface area contributed by atoms with E-state index in [4.69, 9.17) is 10.5 Å². The van der Waals surface area contributed by atoms with Crippen LogP contribution in [0, 0.1) is 0 Å². The van der Waals surface area contributed by atoms with Gasteiger partial charge < -0.3 is 10.5 Å². The normalized spacial score (nSPS) is 18.7. The van der Waals surface area contributed by atoms with E-state index >= 15 is 0 Å². The Morgan fingerprint density at radius 2 is 1.59 bits per heavy atom. The number of likely N-dealkylation sites (tertiary alicyclic amines) is 1. The largest absolute Gasteiger partial charge is 0.394 e. The first-order valence-corrected chi connectivity index (χ1v) is 6.66. The van der Waals surface area contributed by atoms with E-state index < -0.39 is 35.2 Å². The fraction of sp³-hybridized carbons (Fsp3) is 0.200. The molecule has 7 nitrogen and oxygen atoms in total. The lowest BCUT2D eigenvalue weighted by Gasteiger charge is -2.37. The third-order valence-corrected chi connectivity index (χ3v) is 3.58. The summed E-state index contributed by atoms with van der Waals surface area (Å²) in [7, 11) is 0. The maximum absolute atomic E-state index is 12.5. The Kier molecular flexibility index (Phi) is 3.14. The van der Waals surface area contributed by atoms with E-state index in [-0.39, 0.29) is 23.4 Å². The van der Waals surface area contributed by atoms with Crippen LogP contribution >= 0.6 is 0 Å². The summed E-state index contributed by atoms with van der Waals surface area (Å²) in [6.45, 7) is 1.82. The number of nitrogens with zero attached hydrogens (tertiary/aromatic N) is 1. The molecule has 1 saturated heterocycles. The van der Waals surface area contributed by atoms with Gasteiger partial charge >= 0.3 is 0 Å². The minimum absolute atomic E-state index is 0.122. The lowest BCUT2D eigenvalue weighted by atomic mass is 9.88. The van der Waals surface area contributed by atoms with Crippen molar-refractivity contribution in [1.82, 2.24) is 4.90 Å². The van der Waals surface area contributed by atoms with Crippen molar-refractivity contribution in [3.8, 4) is 0 Å². The summed E-state index contributed by atoms with van der Waals surface area (Å²) >= 11 is 0. The van der Waals surface area contributed by atoms with Gasteiger partial charge in [-0.25, -0.2) is 4.90 Å². The smallest absolute Gasteiger partial charge is 0.273 e. The van der Waals surface area contributed by atoms with Gasteiger partial charge in [-0.2, -0.15) is 0 Å². The van der Waals surface area contributed by atoms with E-state index in [1.165, 1.54) is 12.1 Å². The second kappa shape index (κ2) is 4.88. The molecule has 0 radical (unpaired) electrons. The topological polar surface area (TPSA) is 107 Å². The van der Waals surface area contributed by atoms with E-state index in [0.29, 0.717) is 4.90 Å². The lowest BCUT2D eigenvalue weighted by Crippen LogP contribution is -2.63. The number of nitrogens with two attached hydrogens (primary N) is 1. The van der Waals surface area contributed by atoms with Crippen LogP contribution in [-0.2, 0) is 14.3 Å². The van der Waals surface area contributed by atoms with Gasteiger partial charge in [0.05, 0.1) is 0 Å². The number of ketones is 2. The van der Waals surface area contributed by atoms with Gasteiger partial charge in [-0.1, -0.05) is 24.3 Å². The van der Waals surface area contributed by atoms with Crippen molar-refractivity contribution in [2.24, 2.45) is 5.73 Å². The van der Waals surface area contributed by atoms with Gasteiger partial charge in [0.2, 0.25) is 17.7 Å². The zero-order chi connectivity index (χ0) is 16.0. The fourth-order valence-corrected chi connectivity index (χ4v) is 2.52. The molecule has 1 aliphatic heterocycles. The van der Waals surface area contributed by atoms with Crippen LogP contribution in [0.4, 0.5) is 0 Å². The number of hydrogen-bond donors (Lipinski definition) is 1. The van der Waals surface area contributed by atoms with Crippen molar-refractivity contribution < 1.29 is 23.9 Å². The highest BCUT2D eigenvalue weighted by Gasteiger charge is 2.53. The van der Waals surface area contributed by atoms with Gasteiger partial charge in [-0.05, 0) is 6.92 Å². The number of Topliss-reactive ketones (excluding diaryl/α,β-unsaturated/α-hetero) is 2. The Bertz CT molecular complexity index is 749. The Hall–Kier alpha value is -2.80. The number of β-lactam (4-membered cyclic amide) rings is 2. The van der Waals surface area contributed by atoms with Crippen molar-refractivity contribution in [3.05, 3.63) is 46.8 Å². The summed E-state index contributed by atoms with van der Waals surface area (Å²) in [6.07, 6.45) is -1.23. The van der Waals surface area contributed by atoms with Crippen LogP contribution in [0.25, 0.3) is 0 Å². The molecule has 3 rings (SSSR count). The highest BCUT2D eigenvalue weighted by molar-refractivity contribution is 6.32. The Labute approximate surface area is 125 Å². The number of benzene rings is 1. The molecule has 2 amide bonds. The van der Waals surface area contributed by atoms with E-state index in [9.17, 15) is 19.2 Å². The monoisotopic (exact) mass is 300 g/mol. The predicted octanol–water partition coefficient (Wildman–Crippen LogP) is 0.00980. The molecule has 1 fully saturated rings. The summed E-state index contributed by atoms with van der Waals surface area (Å²) in [5.41, 5.74) is 5.21. The van der Waals surface area contributed by atoms with Crippen LogP contribution in [0.3, 0.4) is 0 Å². The van der Waals surface area contributed by atoms with E-state index in [1.807, 2.05) is 0 Å². The Morgan fingerprint density at radius 1 is 1.05 bits per heavy atom. The molecule has 1 aromatic rings. The van der Waals surface area contributed by atoms with Gasteiger partial charge in [-0.15, -0.1) is 0 Å². The molecule has 2 N–H and O–H groups in total. The molecule has 7 heteroatoms. The predicted molar refractivity (Wildman–Crippen MR) is 73.6 cm³/mol. The molecular formula is C15H12N2O5. The molecule has 0 bridgehead atoms. The van der Waals surface area contributed by atoms with Crippen molar-refractivity contribution in [1.29, 1.82) is 0 Å². The number of hydrogen-bond acceptors (Lipinski definition) is 6. The maximum atomic E-state index is 12.5. The summed E-state index contributed by atoms with van der Waals surface area (Å²) < 4.78 is 4.99. The molecular weight excluding hydrogens is 288 g/mol. The molecule has 1 heterocycles. The lowest BCUT2D eigenvalue weighted by molar-refractivity contribution is -0.173. The highest BCUT2D eigenvalue weighted by Crippen LogP contribution is 2.31. The molecule has 0 spiro atoms. The number of carbonyl (C=O) groups is 4. The summed E-state index contributed by atoms with van der Waals surface area (Å²) in [4.78, 5) is 49.3. The minimum atomic E-state index is -1.23. The molecule has 112 valence electrons. The number of imide groups is 1. The van der Waals surface area contributed by atoms with Crippen LogP contribution in [0.2, 0.25) is 0 Å². The van der Waals surface area contributed by atoms with Crippen LogP contribution in [0.15, 0.2) is 35.7 Å². The van der Waals surface area contributed by atoms with Crippen molar-refractivity contribution >= 4 is 23.4 Å². The Morgan fingerprint density at radius 3 is 2.14 bits per heavy atom. The number of amides is 2. The minimum Gasteiger partial charge on any atom is -0.394 e. The molecule has 2 aliphatic rings. The van der Waals surface area contributed by atoms with Crippen LogP contribution < -0.4 is 5.73 Å². The van der Waals surface area contributed by atoms with Crippen LogP contribution in [-0.4, -0.2) is 41.0 Å². The number of rotatable bonds is 3. The summed E-state index contributed by atoms with van der Waals surface area (Å²) in [6, 6.07) is 6.12. The second-order valence-electron chi connectivity index (χ2n) is 4.81. The van der Waals surface area contributed by atoms with Crippen molar-refractivity contribution in [3.63, 3.8) is 0 Å². The van der Waals surface area contributed by atoms with E-state index in [0.717, 1.165) is 0 Å². The third kappa shape index (κ3) is 1.72. The molecule has 22 heavy (non-hydrogen) atoms. The van der Waals surface area contributed by atoms with Crippen LogP contribution in [0.5, 0.6) is 0 Å². The molecule has 0 atom stereocenters. The first-order valence-electron chi connectivity index (χ1n) is 6.66. The first-order chi connectivity index (χ1) is 10.5. The van der Waals surface area contributed by atoms with Gasteiger partial charge in [0.25, 0.3) is 11.8 Å². The van der Waals surface area contributed by atoms with Crippen LogP contribution in [0.1, 0.15) is 27.6 Å². The zero-order valence-electron chi connectivity index (χ0n) is 11.7. The summed E-state index contributed by atoms with van der Waals surface area (Å²) in [5, 5.41) is 0. The van der Waals surface area contributed by atoms with E-state index in [1.54, 1.807) is 19.1 Å². The van der Waals surface area contributed by atoms with E-state index in [2.05, 4.69) is 0 Å². The highest BCUT2D eigenvalue weighted by atomic mass is 16.5. The molecule has 0 aromatic heterocycles. The zero-order valence-corrected chi connectivity index (χ0v) is 11.7.